The number of thiophene rings is 1. The van der Waals surface area contributed by atoms with Gasteiger partial charge in [-0.15, -0.1) is 0 Å². The number of halogens is 1. The Bertz CT molecular complexity index is 527. The summed E-state index contributed by atoms with van der Waals surface area (Å²) in [4.78, 5) is 0. The molecule has 0 radical (unpaired) electrons. The molecule has 0 saturated heterocycles. The largest absolute Gasteiger partial charge is 0.493 e. The Balaban J connectivity index is 2.02. The molecule has 4 heteroatoms. The van der Waals surface area contributed by atoms with Crippen LogP contribution in [0.25, 0.3) is 0 Å². The third kappa shape index (κ3) is 4.33. The molecule has 1 aromatic heterocycles. The predicted molar refractivity (Wildman–Crippen MR) is 89.8 cm³/mol. The van der Waals surface area contributed by atoms with Crippen LogP contribution in [-0.2, 0) is 6.42 Å². The van der Waals surface area contributed by atoms with E-state index in [-0.39, 0.29) is 6.04 Å². The zero-order chi connectivity index (χ0) is 14.4. The van der Waals surface area contributed by atoms with E-state index in [0.717, 1.165) is 23.2 Å². The lowest BCUT2D eigenvalue weighted by Gasteiger charge is -2.18. The minimum absolute atomic E-state index is 0.286. The molecule has 0 aliphatic rings. The molecule has 0 fully saturated rings. The van der Waals surface area contributed by atoms with Crippen LogP contribution in [0.4, 0.5) is 0 Å². The number of ether oxygens (including phenoxy) is 1. The van der Waals surface area contributed by atoms with Crippen LogP contribution in [0.3, 0.4) is 0 Å². The first kappa shape index (κ1) is 15.5. The van der Waals surface area contributed by atoms with Gasteiger partial charge in [-0.05, 0) is 54.1 Å². The van der Waals surface area contributed by atoms with Crippen molar-refractivity contribution in [3.05, 3.63) is 50.6 Å². The van der Waals surface area contributed by atoms with Crippen molar-refractivity contribution in [2.24, 2.45) is 0 Å². The summed E-state index contributed by atoms with van der Waals surface area (Å²) in [6.45, 7) is 5.94. The smallest absolute Gasteiger partial charge is 0.124 e. The van der Waals surface area contributed by atoms with Crippen molar-refractivity contribution in [3.8, 4) is 5.75 Å². The van der Waals surface area contributed by atoms with E-state index < -0.39 is 0 Å². The van der Waals surface area contributed by atoms with Crippen molar-refractivity contribution in [1.82, 2.24) is 5.32 Å². The highest BCUT2D eigenvalue weighted by Gasteiger charge is 2.11. The van der Waals surface area contributed by atoms with Gasteiger partial charge in [-0.1, -0.05) is 22.9 Å². The van der Waals surface area contributed by atoms with Gasteiger partial charge in [0.15, 0.2) is 0 Å². The second kappa shape index (κ2) is 7.81. The van der Waals surface area contributed by atoms with Gasteiger partial charge in [-0.3, -0.25) is 0 Å². The molecule has 0 bridgehead atoms. The monoisotopic (exact) mass is 353 g/mol. The molecule has 0 aliphatic heterocycles. The molecule has 1 atom stereocenters. The minimum atomic E-state index is 0.286. The van der Waals surface area contributed by atoms with Crippen LogP contribution in [-0.4, -0.2) is 13.2 Å². The molecule has 2 rings (SSSR count). The molecular formula is C16H20BrNOS. The fourth-order valence-corrected chi connectivity index (χ4v) is 3.20. The SMILES string of the molecule is CCNC(C)c1cc(Br)ccc1OCCc1ccsc1. The first-order valence-corrected chi connectivity index (χ1v) is 8.61. The highest BCUT2D eigenvalue weighted by Crippen LogP contribution is 2.28. The van der Waals surface area contributed by atoms with Gasteiger partial charge in [0, 0.05) is 22.5 Å². The van der Waals surface area contributed by atoms with Gasteiger partial charge in [0.2, 0.25) is 0 Å². The van der Waals surface area contributed by atoms with Gasteiger partial charge in [-0.2, -0.15) is 11.3 Å². The van der Waals surface area contributed by atoms with Crippen LogP contribution in [0.15, 0.2) is 39.5 Å². The maximum absolute atomic E-state index is 5.98. The molecule has 20 heavy (non-hydrogen) atoms. The number of nitrogens with one attached hydrogen (secondary N) is 1. The molecule has 1 aromatic carbocycles. The summed E-state index contributed by atoms with van der Waals surface area (Å²) in [7, 11) is 0. The van der Waals surface area contributed by atoms with Crippen molar-refractivity contribution in [3.63, 3.8) is 0 Å². The highest BCUT2D eigenvalue weighted by molar-refractivity contribution is 9.10. The van der Waals surface area contributed by atoms with Crippen molar-refractivity contribution < 1.29 is 4.74 Å². The minimum Gasteiger partial charge on any atom is -0.493 e. The van der Waals surface area contributed by atoms with Gasteiger partial charge in [0.25, 0.3) is 0 Å². The lowest BCUT2D eigenvalue weighted by atomic mass is 10.1. The normalized spacial score (nSPS) is 12.3. The molecule has 1 unspecified atom stereocenters. The molecule has 2 aromatic rings. The summed E-state index contributed by atoms with van der Waals surface area (Å²) in [6, 6.07) is 8.64. The first-order chi connectivity index (χ1) is 9.70. The average Bonchev–Trinajstić information content (AvgIpc) is 2.94. The molecule has 0 amide bonds. The zero-order valence-corrected chi connectivity index (χ0v) is 14.3. The third-order valence-electron chi connectivity index (χ3n) is 3.18. The topological polar surface area (TPSA) is 21.3 Å². The average molecular weight is 354 g/mol. The summed E-state index contributed by atoms with van der Waals surface area (Å²) in [5.74, 6) is 0.969. The molecule has 108 valence electrons. The summed E-state index contributed by atoms with van der Waals surface area (Å²) in [5.41, 5.74) is 2.54. The van der Waals surface area contributed by atoms with E-state index in [1.54, 1.807) is 11.3 Å². The van der Waals surface area contributed by atoms with Crippen LogP contribution < -0.4 is 10.1 Å². The fourth-order valence-electron chi connectivity index (χ4n) is 2.12. The molecule has 0 aliphatic carbocycles. The molecule has 2 nitrogen and oxygen atoms in total. The number of hydrogen-bond acceptors (Lipinski definition) is 3. The van der Waals surface area contributed by atoms with E-state index in [1.165, 1.54) is 11.1 Å². The van der Waals surface area contributed by atoms with Crippen molar-refractivity contribution in [2.75, 3.05) is 13.2 Å². The Kier molecular flexibility index (Phi) is 6.07. The Morgan fingerprint density at radius 1 is 1.35 bits per heavy atom. The molecule has 0 saturated carbocycles. The van der Waals surface area contributed by atoms with Crippen LogP contribution in [0.5, 0.6) is 5.75 Å². The van der Waals surface area contributed by atoms with Crippen LogP contribution in [0.1, 0.15) is 31.0 Å². The second-order valence-corrected chi connectivity index (χ2v) is 6.39. The van der Waals surface area contributed by atoms with E-state index in [2.05, 4.69) is 58.0 Å². The summed E-state index contributed by atoms with van der Waals surface area (Å²) in [5, 5.41) is 7.71. The number of rotatable bonds is 7. The summed E-state index contributed by atoms with van der Waals surface area (Å²) >= 11 is 5.26. The Labute approximate surface area is 133 Å². The van der Waals surface area contributed by atoms with Gasteiger partial charge >= 0.3 is 0 Å². The van der Waals surface area contributed by atoms with Crippen molar-refractivity contribution in [2.45, 2.75) is 26.3 Å². The summed E-state index contributed by atoms with van der Waals surface area (Å²) < 4.78 is 7.06. The predicted octanol–water partition coefficient (Wildman–Crippen LogP) is 4.80. The molecular weight excluding hydrogens is 334 g/mol. The fraction of sp³-hybridized carbons (Fsp3) is 0.375. The lowest BCUT2D eigenvalue weighted by Crippen LogP contribution is -2.18. The molecule has 1 N–H and O–H groups in total. The van der Waals surface area contributed by atoms with Gasteiger partial charge in [0.05, 0.1) is 6.61 Å². The van der Waals surface area contributed by atoms with Gasteiger partial charge in [0.1, 0.15) is 5.75 Å². The Morgan fingerprint density at radius 2 is 2.20 bits per heavy atom. The van der Waals surface area contributed by atoms with Crippen LogP contribution in [0, 0.1) is 0 Å². The maximum Gasteiger partial charge on any atom is 0.124 e. The van der Waals surface area contributed by atoms with E-state index in [0.29, 0.717) is 6.61 Å². The highest BCUT2D eigenvalue weighted by atomic mass is 79.9. The van der Waals surface area contributed by atoms with E-state index in [4.69, 9.17) is 4.74 Å². The summed E-state index contributed by atoms with van der Waals surface area (Å²) in [6.07, 6.45) is 0.953. The standard InChI is InChI=1S/C16H20BrNOS/c1-3-18-12(2)15-10-14(17)4-5-16(15)19-8-6-13-7-9-20-11-13/h4-5,7,9-12,18H,3,6,8H2,1-2H3. The van der Waals surface area contributed by atoms with Crippen molar-refractivity contribution >= 4 is 27.3 Å². The zero-order valence-electron chi connectivity index (χ0n) is 11.9. The third-order valence-corrected chi connectivity index (χ3v) is 4.40. The molecule has 1 heterocycles. The first-order valence-electron chi connectivity index (χ1n) is 6.87. The van der Waals surface area contributed by atoms with Crippen LogP contribution >= 0.6 is 27.3 Å². The maximum atomic E-state index is 5.98. The Morgan fingerprint density at radius 3 is 2.90 bits per heavy atom. The van der Waals surface area contributed by atoms with Gasteiger partial charge in [-0.25, -0.2) is 0 Å². The molecule has 0 spiro atoms. The van der Waals surface area contributed by atoms with Crippen molar-refractivity contribution in [1.29, 1.82) is 0 Å². The lowest BCUT2D eigenvalue weighted by molar-refractivity contribution is 0.315. The number of hydrogen-bond donors (Lipinski definition) is 1. The van der Waals surface area contributed by atoms with E-state index in [9.17, 15) is 0 Å². The van der Waals surface area contributed by atoms with Crippen LogP contribution in [0.2, 0.25) is 0 Å². The quantitative estimate of drug-likeness (QED) is 0.771. The second-order valence-electron chi connectivity index (χ2n) is 4.69. The van der Waals surface area contributed by atoms with Gasteiger partial charge < -0.3 is 10.1 Å². The number of benzene rings is 1. The van der Waals surface area contributed by atoms with E-state index >= 15 is 0 Å². The Hall–Kier alpha value is -0.840. The van der Waals surface area contributed by atoms with E-state index in [1.807, 2.05) is 12.1 Å².